The zero-order valence-electron chi connectivity index (χ0n) is 12.1. The number of aromatic nitrogens is 2. The van der Waals surface area contributed by atoms with E-state index in [-0.39, 0.29) is 0 Å². The number of anilines is 1. The second kappa shape index (κ2) is 7.08. The summed E-state index contributed by atoms with van der Waals surface area (Å²) in [5.74, 6) is 0. The predicted molar refractivity (Wildman–Crippen MR) is 97.6 cm³/mol. The fourth-order valence-corrected chi connectivity index (χ4v) is 2.86. The third-order valence-electron chi connectivity index (χ3n) is 3.14. The minimum atomic E-state index is 0.507. The first-order chi connectivity index (χ1) is 11.1. The highest BCUT2D eigenvalue weighted by Gasteiger charge is 2.05. The van der Waals surface area contributed by atoms with Crippen LogP contribution in [0.5, 0.6) is 0 Å². The Labute approximate surface area is 147 Å². The Morgan fingerprint density at radius 3 is 2.65 bits per heavy atom. The van der Waals surface area contributed by atoms with Gasteiger partial charge in [-0.25, -0.2) is 4.98 Å². The first kappa shape index (κ1) is 15.9. The van der Waals surface area contributed by atoms with E-state index in [0.29, 0.717) is 10.0 Å². The molecule has 0 aliphatic rings. The molecule has 3 rings (SSSR count). The maximum atomic E-state index is 6.02. The summed E-state index contributed by atoms with van der Waals surface area (Å²) in [7, 11) is 0. The molecule has 0 saturated carbocycles. The van der Waals surface area contributed by atoms with Crippen LogP contribution in [0.15, 0.2) is 53.2 Å². The molecule has 0 amide bonds. The van der Waals surface area contributed by atoms with Crippen molar-refractivity contribution in [3.63, 3.8) is 0 Å². The van der Waals surface area contributed by atoms with Gasteiger partial charge in [0.05, 0.1) is 21.5 Å². The number of hydrazone groups is 1. The third kappa shape index (κ3) is 3.88. The van der Waals surface area contributed by atoms with Gasteiger partial charge < -0.3 is 0 Å². The SMILES string of the molecule is C/C(=N\Nc1nc(-c2ccncc2)cs1)c1ccc(Cl)c(Cl)c1. The van der Waals surface area contributed by atoms with Crippen molar-refractivity contribution in [2.24, 2.45) is 5.10 Å². The number of rotatable bonds is 4. The monoisotopic (exact) mass is 362 g/mol. The topological polar surface area (TPSA) is 50.2 Å². The predicted octanol–water partition coefficient (Wildman–Crippen LogP) is 5.35. The van der Waals surface area contributed by atoms with Crippen LogP contribution >= 0.6 is 34.5 Å². The lowest BCUT2D eigenvalue weighted by atomic mass is 10.1. The van der Waals surface area contributed by atoms with Crippen LogP contribution in [0.4, 0.5) is 5.13 Å². The Bertz CT molecular complexity index is 846. The Morgan fingerprint density at radius 2 is 1.91 bits per heavy atom. The van der Waals surface area contributed by atoms with Crippen LogP contribution in [-0.4, -0.2) is 15.7 Å². The van der Waals surface area contributed by atoms with Gasteiger partial charge in [-0.15, -0.1) is 11.3 Å². The molecule has 116 valence electrons. The van der Waals surface area contributed by atoms with Gasteiger partial charge in [-0.1, -0.05) is 29.3 Å². The standard InChI is InChI=1S/C16H12Cl2N4S/c1-10(12-2-3-13(17)14(18)8-12)21-22-16-20-15(9-23-16)11-4-6-19-7-5-11/h2-9H,1H3,(H,20,22)/b21-10+. The summed E-state index contributed by atoms with van der Waals surface area (Å²) in [4.78, 5) is 8.51. The molecule has 2 aromatic heterocycles. The van der Waals surface area contributed by atoms with Crippen molar-refractivity contribution in [2.75, 3.05) is 5.43 Å². The molecule has 0 aliphatic heterocycles. The van der Waals surface area contributed by atoms with Crippen LogP contribution in [0.2, 0.25) is 10.0 Å². The van der Waals surface area contributed by atoms with Gasteiger partial charge in [0, 0.05) is 23.3 Å². The van der Waals surface area contributed by atoms with Crippen LogP contribution in [-0.2, 0) is 0 Å². The van der Waals surface area contributed by atoms with Crippen molar-refractivity contribution in [1.82, 2.24) is 9.97 Å². The highest BCUT2D eigenvalue weighted by Crippen LogP contribution is 2.25. The third-order valence-corrected chi connectivity index (χ3v) is 4.62. The van der Waals surface area contributed by atoms with Gasteiger partial charge in [0.2, 0.25) is 5.13 Å². The number of halogens is 2. The lowest BCUT2D eigenvalue weighted by molar-refractivity contribution is 1.26. The molecule has 0 unspecified atom stereocenters. The van der Waals surface area contributed by atoms with E-state index < -0.39 is 0 Å². The van der Waals surface area contributed by atoms with Crippen LogP contribution in [0.1, 0.15) is 12.5 Å². The molecule has 1 N–H and O–H groups in total. The average Bonchev–Trinajstić information content (AvgIpc) is 3.05. The highest BCUT2D eigenvalue weighted by molar-refractivity contribution is 7.14. The Hall–Kier alpha value is -1.95. The molecule has 1 aromatic carbocycles. The maximum Gasteiger partial charge on any atom is 0.203 e. The lowest BCUT2D eigenvalue weighted by Crippen LogP contribution is -1.99. The molecule has 7 heteroatoms. The van der Waals surface area contributed by atoms with E-state index in [2.05, 4.69) is 20.5 Å². The number of nitrogens with zero attached hydrogens (tertiary/aromatic N) is 3. The average molecular weight is 363 g/mol. The second-order valence-corrected chi connectivity index (χ2v) is 6.38. The Balaban J connectivity index is 1.75. The van der Waals surface area contributed by atoms with Crippen molar-refractivity contribution >= 4 is 45.4 Å². The van der Waals surface area contributed by atoms with E-state index in [1.807, 2.05) is 30.5 Å². The van der Waals surface area contributed by atoms with E-state index in [4.69, 9.17) is 23.2 Å². The van der Waals surface area contributed by atoms with E-state index in [9.17, 15) is 0 Å². The summed E-state index contributed by atoms with van der Waals surface area (Å²) in [5.41, 5.74) is 6.58. The van der Waals surface area contributed by atoms with Gasteiger partial charge in [0.25, 0.3) is 0 Å². The van der Waals surface area contributed by atoms with Gasteiger partial charge in [-0.3, -0.25) is 10.4 Å². The molecule has 4 nitrogen and oxygen atoms in total. The van der Waals surface area contributed by atoms with Crippen molar-refractivity contribution < 1.29 is 0 Å². The number of nitrogens with one attached hydrogen (secondary N) is 1. The van der Waals surface area contributed by atoms with Gasteiger partial charge in [-0.05, 0) is 36.8 Å². The fraction of sp³-hybridized carbons (Fsp3) is 0.0625. The Kier molecular flexibility index (Phi) is 4.91. The van der Waals surface area contributed by atoms with Crippen LogP contribution < -0.4 is 5.43 Å². The van der Waals surface area contributed by atoms with Crippen LogP contribution in [0.25, 0.3) is 11.3 Å². The van der Waals surface area contributed by atoms with Gasteiger partial charge in [0.15, 0.2) is 0 Å². The first-order valence-electron chi connectivity index (χ1n) is 6.75. The molecular formula is C16H12Cl2N4S. The van der Waals surface area contributed by atoms with Crippen molar-refractivity contribution in [2.45, 2.75) is 6.92 Å². The lowest BCUT2D eigenvalue weighted by Gasteiger charge is -2.03. The highest BCUT2D eigenvalue weighted by atomic mass is 35.5. The minimum absolute atomic E-state index is 0.507. The zero-order chi connectivity index (χ0) is 16.2. The summed E-state index contributed by atoms with van der Waals surface area (Å²) in [6.07, 6.45) is 3.49. The molecule has 3 aromatic rings. The van der Waals surface area contributed by atoms with Gasteiger partial charge in [0.1, 0.15) is 0 Å². The van der Waals surface area contributed by atoms with Gasteiger partial charge >= 0.3 is 0 Å². The Morgan fingerprint density at radius 1 is 1.13 bits per heavy atom. The van der Waals surface area contributed by atoms with E-state index >= 15 is 0 Å². The normalized spacial score (nSPS) is 11.5. The molecule has 0 spiro atoms. The van der Waals surface area contributed by atoms with Gasteiger partial charge in [-0.2, -0.15) is 5.10 Å². The quantitative estimate of drug-likeness (QED) is 0.502. The number of pyridine rings is 1. The van der Waals surface area contributed by atoms with E-state index in [1.165, 1.54) is 11.3 Å². The summed E-state index contributed by atoms with van der Waals surface area (Å²) in [5, 5.41) is 8.07. The summed E-state index contributed by atoms with van der Waals surface area (Å²) in [6.45, 7) is 1.89. The van der Waals surface area contributed by atoms with Crippen molar-refractivity contribution in [1.29, 1.82) is 0 Å². The van der Waals surface area contributed by atoms with E-state index in [1.54, 1.807) is 24.5 Å². The van der Waals surface area contributed by atoms with Crippen LogP contribution in [0, 0.1) is 0 Å². The fourth-order valence-electron chi connectivity index (χ4n) is 1.90. The molecule has 0 bridgehead atoms. The largest absolute Gasteiger partial charge is 0.265 e. The maximum absolute atomic E-state index is 6.02. The molecule has 0 radical (unpaired) electrons. The number of thiazole rings is 1. The molecule has 0 aliphatic carbocycles. The minimum Gasteiger partial charge on any atom is -0.265 e. The number of benzene rings is 1. The van der Waals surface area contributed by atoms with Crippen LogP contribution in [0.3, 0.4) is 0 Å². The smallest absolute Gasteiger partial charge is 0.203 e. The van der Waals surface area contributed by atoms with E-state index in [0.717, 1.165) is 27.7 Å². The number of hydrogen-bond donors (Lipinski definition) is 1. The summed E-state index contributed by atoms with van der Waals surface area (Å²) < 4.78 is 0. The molecule has 0 saturated heterocycles. The molecule has 0 fully saturated rings. The first-order valence-corrected chi connectivity index (χ1v) is 8.38. The van der Waals surface area contributed by atoms with Crippen molar-refractivity contribution in [3.8, 4) is 11.3 Å². The molecular weight excluding hydrogens is 351 g/mol. The summed E-state index contributed by atoms with van der Waals surface area (Å²) >= 11 is 13.4. The summed E-state index contributed by atoms with van der Waals surface area (Å²) in [6, 6.07) is 9.25. The molecule has 23 heavy (non-hydrogen) atoms. The molecule has 0 atom stereocenters. The number of hydrogen-bond acceptors (Lipinski definition) is 5. The zero-order valence-corrected chi connectivity index (χ0v) is 14.5. The second-order valence-electron chi connectivity index (χ2n) is 4.71. The van der Waals surface area contributed by atoms with Crippen molar-refractivity contribution in [3.05, 3.63) is 63.7 Å². The molecule has 2 heterocycles.